The number of β-lactam (4-membered cyclic amide) rings is 1. The van der Waals surface area contributed by atoms with Crippen LogP contribution in [0.3, 0.4) is 0 Å². The van der Waals surface area contributed by atoms with E-state index in [1.807, 2.05) is 0 Å². The molecular weight excluding hydrogens is 693 g/mol. The number of nitrogens with two attached hydrogens (primary N) is 1. The van der Waals surface area contributed by atoms with Crippen LogP contribution in [-0.2, 0) is 35.4 Å². The predicted molar refractivity (Wildman–Crippen MR) is 172 cm³/mol. The van der Waals surface area contributed by atoms with Crippen LogP contribution in [0.4, 0.5) is 5.13 Å². The van der Waals surface area contributed by atoms with E-state index in [1.54, 1.807) is 0 Å². The largest absolute Gasteiger partial charge is 0.503 e. The van der Waals surface area contributed by atoms with Gasteiger partial charge in [-0.2, -0.15) is 0 Å². The van der Waals surface area contributed by atoms with Gasteiger partial charge in [-0.15, -0.1) is 23.1 Å². The predicted octanol–water partition coefficient (Wildman–Crippen LogP) is -1.43. The first kappa shape index (κ1) is 42.9. The molecule has 17 nitrogen and oxygen atoms in total. The van der Waals surface area contributed by atoms with Gasteiger partial charge in [0.1, 0.15) is 29.4 Å². The van der Waals surface area contributed by atoms with Crippen molar-refractivity contribution >= 4 is 158 Å². The van der Waals surface area contributed by atoms with E-state index in [-0.39, 0.29) is 122 Å². The van der Waals surface area contributed by atoms with Crippen molar-refractivity contribution in [1.82, 2.24) is 19.8 Å². The third-order valence-corrected chi connectivity index (χ3v) is 8.22. The number of carboxylic acid groups (broad SMARTS) is 3. The van der Waals surface area contributed by atoms with Gasteiger partial charge in [-0.25, -0.2) is 14.6 Å². The van der Waals surface area contributed by atoms with Crippen molar-refractivity contribution in [3.05, 3.63) is 56.6 Å². The third kappa shape index (κ3) is 9.72. The zero-order valence-electron chi connectivity index (χ0n) is 25.8. The molecule has 0 saturated carbocycles. The summed E-state index contributed by atoms with van der Waals surface area (Å²) in [6.07, 6.45) is 3.54. The first-order valence-electron chi connectivity index (χ1n) is 12.4. The number of carboxylic acids is 3. The summed E-state index contributed by atoms with van der Waals surface area (Å²) in [5.74, 6) is -6.43. The van der Waals surface area contributed by atoms with Gasteiger partial charge in [-0.3, -0.25) is 24.1 Å². The molecule has 0 aromatic carbocycles. The second-order valence-corrected chi connectivity index (χ2v) is 11.8. The van der Waals surface area contributed by atoms with E-state index in [0.29, 0.717) is 0 Å². The van der Waals surface area contributed by atoms with Gasteiger partial charge in [0.25, 0.3) is 11.8 Å². The van der Waals surface area contributed by atoms with E-state index >= 15 is 0 Å². The van der Waals surface area contributed by atoms with E-state index in [2.05, 4.69) is 15.5 Å². The van der Waals surface area contributed by atoms with Crippen LogP contribution in [0.25, 0.3) is 6.08 Å². The third-order valence-electron chi connectivity index (χ3n) is 6.25. The Bertz CT molecular complexity index is 1740. The maximum atomic E-state index is 13.2. The number of hydrogen-bond acceptors (Lipinski definition) is 13. The Morgan fingerprint density at radius 2 is 1.83 bits per heavy atom. The number of fused-ring (bicyclic) bond motifs is 1. The number of nitrogens with zero attached hydrogens (tertiary/aromatic N) is 4. The van der Waals surface area contributed by atoms with Crippen LogP contribution >= 0.6 is 23.1 Å². The Kier molecular flexibility index (Phi) is 15.9. The zero-order chi connectivity index (χ0) is 32.5. The molecule has 2 atom stereocenters. The minimum absolute atomic E-state index is 0. The molecule has 22 heteroatoms. The van der Waals surface area contributed by atoms with E-state index in [0.717, 1.165) is 44.8 Å². The molecule has 0 bridgehead atoms. The number of nitrogens with one attached hydrogen (secondary N) is 1. The van der Waals surface area contributed by atoms with Gasteiger partial charge in [0.2, 0.25) is 11.0 Å². The molecule has 4 rings (SSSR count). The van der Waals surface area contributed by atoms with E-state index in [9.17, 15) is 44.1 Å². The molecular formula is C25H24N6Na3O11S2. The number of thiazole rings is 1. The van der Waals surface area contributed by atoms with Crippen LogP contribution in [-0.4, -0.2) is 182 Å². The molecule has 2 aromatic heterocycles. The van der Waals surface area contributed by atoms with Gasteiger partial charge in [-0.05, 0) is 25.5 Å². The molecule has 2 amide bonds. The Morgan fingerprint density at radius 3 is 2.38 bits per heavy atom. The first-order chi connectivity index (χ1) is 20.6. The van der Waals surface area contributed by atoms with E-state index < -0.39 is 70.2 Å². The van der Waals surface area contributed by atoms with E-state index in [1.165, 1.54) is 31.4 Å². The average Bonchev–Trinajstić information content (AvgIpc) is 3.37. The smallest absolute Gasteiger partial charge is 0.352 e. The quantitative estimate of drug-likeness (QED) is 0.0674. The summed E-state index contributed by atoms with van der Waals surface area (Å²) in [5, 5.41) is 44.8. The second kappa shape index (κ2) is 17.5. The van der Waals surface area contributed by atoms with Crippen molar-refractivity contribution in [3.8, 4) is 5.75 Å². The number of anilines is 1. The van der Waals surface area contributed by atoms with Crippen molar-refractivity contribution in [2.45, 2.75) is 37.4 Å². The first-order valence-corrected chi connectivity index (χ1v) is 14.3. The molecule has 1 fully saturated rings. The number of aromatic nitrogens is 2. The number of aromatic hydroxyl groups is 1. The zero-order valence-corrected chi connectivity index (χ0v) is 33.4. The molecule has 0 spiro atoms. The number of carbonyl (C=O) groups is 5. The Morgan fingerprint density at radius 1 is 1.17 bits per heavy atom. The summed E-state index contributed by atoms with van der Waals surface area (Å²) in [6.45, 7) is 1.81. The van der Waals surface area contributed by atoms with Gasteiger partial charge in [0.15, 0.2) is 16.6 Å². The van der Waals surface area contributed by atoms with Gasteiger partial charge in [0, 0.05) is 112 Å². The van der Waals surface area contributed by atoms with E-state index in [4.69, 9.17) is 15.7 Å². The topological polar surface area (TPSA) is 264 Å². The van der Waals surface area contributed by atoms with Crippen LogP contribution in [0.2, 0.25) is 0 Å². The number of amides is 2. The number of rotatable bonds is 11. The fraction of sp³-hybridized carbons (Fsp3) is 0.280. The Balaban J connectivity index is 0.00000368. The maximum Gasteiger partial charge on any atom is 0.352 e. The number of pyridine rings is 1. The maximum absolute atomic E-state index is 13.2. The van der Waals surface area contributed by atoms with Crippen LogP contribution in [0.15, 0.2) is 44.9 Å². The fourth-order valence-electron chi connectivity index (χ4n) is 3.97. The summed E-state index contributed by atoms with van der Waals surface area (Å²) in [5.41, 5.74) is 2.38. The van der Waals surface area contributed by atoms with Gasteiger partial charge in [0.05, 0.1) is 6.20 Å². The molecule has 235 valence electrons. The number of nitrogen functional groups attached to an aromatic ring is 1. The minimum Gasteiger partial charge on any atom is -0.503 e. The number of aliphatic carboxylic acids is 3. The monoisotopic (exact) mass is 717 g/mol. The van der Waals surface area contributed by atoms with Crippen LogP contribution in [0.1, 0.15) is 25.2 Å². The molecule has 4 heterocycles. The summed E-state index contributed by atoms with van der Waals surface area (Å²) < 4.78 is 1.08. The molecule has 3 radical (unpaired) electrons. The molecule has 0 unspecified atom stereocenters. The summed E-state index contributed by atoms with van der Waals surface area (Å²) in [6, 6.07) is -0.218. The number of oxime groups is 1. The average molecular weight is 718 g/mol. The molecule has 7 N–H and O–H groups in total. The number of thioether (sulfide) groups is 1. The number of hydrogen-bond donors (Lipinski definition) is 6. The normalized spacial score (nSPS) is 17.4. The molecule has 47 heavy (non-hydrogen) atoms. The van der Waals surface area contributed by atoms with Crippen LogP contribution in [0.5, 0.6) is 5.75 Å². The van der Waals surface area contributed by atoms with Gasteiger partial charge >= 0.3 is 17.9 Å². The number of allylic oxidation sites excluding steroid dienone is 1. The SMILES string of the molecule is CC(C)(O/N=C(\C(=O)N[C@@H]1C(=O)N2C(C(=O)O)=C(/C=C/c3cc(=O)c(O)cn3CC(=O)O)CS[C@H]12)c1csc(N)n1)C(=O)O.[Na].[Na].[Na]. The molecule has 2 aromatic rings. The van der Waals surface area contributed by atoms with Crippen molar-refractivity contribution < 1.29 is 49.2 Å². The van der Waals surface area contributed by atoms with Crippen molar-refractivity contribution in [2.24, 2.45) is 5.16 Å². The minimum atomic E-state index is -1.82. The van der Waals surface area contributed by atoms with Gasteiger partial charge in [-0.1, -0.05) is 11.2 Å². The van der Waals surface area contributed by atoms with Crippen LogP contribution < -0.4 is 16.5 Å². The van der Waals surface area contributed by atoms with Crippen molar-refractivity contribution in [1.29, 1.82) is 0 Å². The Labute approximate surface area is 340 Å². The molecule has 2 aliphatic rings. The fourth-order valence-corrected chi connectivity index (χ4v) is 5.84. The van der Waals surface area contributed by atoms with Crippen molar-refractivity contribution in [3.63, 3.8) is 0 Å². The van der Waals surface area contributed by atoms with Gasteiger partial charge < -0.3 is 40.9 Å². The number of carbonyl (C=O) groups excluding carboxylic acids is 2. The summed E-state index contributed by atoms with van der Waals surface area (Å²) in [7, 11) is 0. The summed E-state index contributed by atoms with van der Waals surface area (Å²) in [4.78, 5) is 83.2. The molecule has 0 aliphatic carbocycles. The standard InChI is InChI=1S/C25H24N6O11S2.3Na/c1-25(2,23(40)41)42-29-16(12-9-44-24(26)27-12)19(36)28-17-20(37)31-18(22(38)39)10(8-43-21(17)31)3-4-11-5-13(32)14(33)6-30(11)7-15(34)35;;;/h3-6,9,17,21,33H,7-8H2,1-2H3,(H2,26,27)(H,28,36)(H,34,35)(H,38,39)(H,40,41);;;/b4-3+,29-16-;;;/t17-,21-;;;/m1.../s1. The second-order valence-electron chi connectivity index (χ2n) is 9.76. The summed E-state index contributed by atoms with van der Waals surface area (Å²) >= 11 is 2.09. The van der Waals surface area contributed by atoms with Crippen LogP contribution in [0, 0.1) is 0 Å². The molecule has 1 saturated heterocycles. The molecule has 2 aliphatic heterocycles. The Hall–Kier alpha value is -2.17. The van der Waals surface area contributed by atoms with Crippen molar-refractivity contribution in [2.75, 3.05) is 11.5 Å².